The van der Waals surface area contributed by atoms with Crippen molar-refractivity contribution in [2.45, 2.75) is 19.7 Å². The highest BCUT2D eigenvalue weighted by molar-refractivity contribution is 5.94. The van der Waals surface area contributed by atoms with Crippen LogP contribution in [0.3, 0.4) is 0 Å². The quantitative estimate of drug-likeness (QED) is 0.157. The fourth-order valence-electron chi connectivity index (χ4n) is 4.41. The fraction of sp³-hybridized carbons (Fsp3) is 0.212. The third kappa shape index (κ3) is 7.87. The SMILES string of the molecule is CN(C)c1ccc(C(=O)N(N)Cc2cc(CN(N)C(=O)c3ccc(N(C)C)cc3)cc(OCc3ccccc3)c2)cc1. The van der Waals surface area contributed by atoms with Crippen molar-refractivity contribution in [2.75, 3.05) is 38.0 Å². The summed E-state index contributed by atoms with van der Waals surface area (Å²) in [6.07, 6.45) is 0. The van der Waals surface area contributed by atoms with E-state index in [-0.39, 0.29) is 24.9 Å². The second kappa shape index (κ2) is 13.7. The third-order valence-corrected chi connectivity index (χ3v) is 6.76. The molecule has 9 heteroatoms. The zero-order valence-electron chi connectivity index (χ0n) is 24.5. The van der Waals surface area contributed by atoms with E-state index in [4.69, 9.17) is 16.4 Å². The van der Waals surface area contributed by atoms with Crippen molar-refractivity contribution in [2.24, 2.45) is 11.7 Å². The molecule has 4 N–H and O–H groups in total. The zero-order valence-corrected chi connectivity index (χ0v) is 24.5. The number of hydrogen-bond acceptors (Lipinski definition) is 7. The smallest absolute Gasteiger partial charge is 0.268 e. The van der Waals surface area contributed by atoms with Crippen molar-refractivity contribution in [3.05, 3.63) is 125 Å². The van der Waals surface area contributed by atoms with Crippen LogP contribution in [-0.2, 0) is 19.7 Å². The molecule has 0 saturated carbocycles. The normalized spacial score (nSPS) is 10.6. The van der Waals surface area contributed by atoms with Gasteiger partial charge in [-0.3, -0.25) is 19.6 Å². The summed E-state index contributed by atoms with van der Waals surface area (Å²) in [6, 6.07) is 29.9. The molecule has 0 saturated heterocycles. The largest absolute Gasteiger partial charge is 0.489 e. The van der Waals surface area contributed by atoms with E-state index >= 15 is 0 Å². The van der Waals surface area contributed by atoms with Gasteiger partial charge in [0.1, 0.15) is 12.4 Å². The first-order chi connectivity index (χ1) is 20.1. The van der Waals surface area contributed by atoms with E-state index in [0.717, 1.165) is 28.1 Å². The number of nitrogens with zero attached hydrogens (tertiary/aromatic N) is 4. The number of rotatable bonds is 11. The van der Waals surface area contributed by atoms with E-state index in [9.17, 15) is 9.59 Å². The molecule has 218 valence electrons. The molecule has 2 amide bonds. The Morgan fingerprint density at radius 2 is 1.02 bits per heavy atom. The molecular weight excluding hydrogens is 528 g/mol. The van der Waals surface area contributed by atoms with Crippen LogP contribution in [0.5, 0.6) is 5.75 Å². The second-order valence-corrected chi connectivity index (χ2v) is 10.5. The maximum atomic E-state index is 13.1. The van der Waals surface area contributed by atoms with Crippen molar-refractivity contribution in [3.8, 4) is 5.75 Å². The van der Waals surface area contributed by atoms with Gasteiger partial charge in [0.05, 0.1) is 13.1 Å². The molecule has 0 aromatic heterocycles. The van der Waals surface area contributed by atoms with Crippen LogP contribution in [-0.4, -0.2) is 50.0 Å². The maximum absolute atomic E-state index is 13.1. The zero-order chi connectivity index (χ0) is 30.2. The van der Waals surface area contributed by atoms with Crippen LogP contribution in [0, 0.1) is 0 Å². The summed E-state index contributed by atoms with van der Waals surface area (Å²) in [6.45, 7) is 0.624. The molecule has 4 aromatic rings. The topological polar surface area (TPSA) is 108 Å². The number of carbonyl (C=O) groups is 2. The molecule has 4 aromatic carbocycles. The lowest BCUT2D eigenvalue weighted by Gasteiger charge is -2.21. The van der Waals surface area contributed by atoms with Gasteiger partial charge in [-0.2, -0.15) is 0 Å². The number of carbonyl (C=O) groups excluding carboxylic acids is 2. The van der Waals surface area contributed by atoms with Crippen LogP contribution in [0.4, 0.5) is 11.4 Å². The van der Waals surface area contributed by atoms with Crippen LogP contribution in [0.25, 0.3) is 0 Å². The summed E-state index contributed by atoms with van der Waals surface area (Å²) < 4.78 is 6.10. The number of hydrogen-bond donors (Lipinski definition) is 2. The van der Waals surface area contributed by atoms with Crippen molar-refractivity contribution in [1.82, 2.24) is 10.0 Å². The van der Waals surface area contributed by atoms with E-state index < -0.39 is 0 Å². The van der Waals surface area contributed by atoms with Gasteiger partial charge in [-0.25, -0.2) is 11.7 Å². The van der Waals surface area contributed by atoms with Crippen LogP contribution in [0.1, 0.15) is 37.4 Å². The first-order valence-corrected chi connectivity index (χ1v) is 13.6. The fourth-order valence-corrected chi connectivity index (χ4v) is 4.41. The van der Waals surface area contributed by atoms with E-state index in [0.29, 0.717) is 23.5 Å². The van der Waals surface area contributed by atoms with E-state index in [1.54, 1.807) is 24.3 Å². The van der Waals surface area contributed by atoms with Gasteiger partial charge in [0.2, 0.25) is 0 Å². The number of nitrogens with two attached hydrogens (primary N) is 2. The predicted octanol–water partition coefficient (Wildman–Crippen LogP) is 4.43. The minimum Gasteiger partial charge on any atom is -0.489 e. The molecule has 0 fully saturated rings. The Balaban J connectivity index is 1.53. The average Bonchev–Trinajstić information content (AvgIpc) is 2.99. The van der Waals surface area contributed by atoms with Gasteiger partial charge in [0, 0.05) is 50.7 Å². The number of anilines is 2. The van der Waals surface area contributed by atoms with Crippen LogP contribution in [0.2, 0.25) is 0 Å². The first-order valence-electron chi connectivity index (χ1n) is 13.6. The summed E-state index contributed by atoms with van der Waals surface area (Å²) >= 11 is 0. The lowest BCUT2D eigenvalue weighted by Crippen LogP contribution is -2.37. The Kier molecular flexibility index (Phi) is 9.80. The lowest BCUT2D eigenvalue weighted by atomic mass is 10.1. The van der Waals surface area contributed by atoms with E-state index in [1.807, 2.05) is 111 Å². The lowest BCUT2D eigenvalue weighted by molar-refractivity contribution is 0.0739. The summed E-state index contributed by atoms with van der Waals surface area (Å²) in [5, 5.41) is 2.34. The van der Waals surface area contributed by atoms with Gasteiger partial charge < -0.3 is 14.5 Å². The van der Waals surface area contributed by atoms with Crippen molar-refractivity contribution in [1.29, 1.82) is 0 Å². The van der Waals surface area contributed by atoms with Gasteiger partial charge in [-0.05, 0) is 77.4 Å². The molecule has 0 bridgehead atoms. The molecule has 0 atom stereocenters. The minimum atomic E-state index is -0.311. The Morgan fingerprint density at radius 1 is 0.595 bits per heavy atom. The van der Waals surface area contributed by atoms with Gasteiger partial charge in [-0.1, -0.05) is 36.4 Å². The molecule has 0 heterocycles. The first kappa shape index (κ1) is 30.1. The van der Waals surface area contributed by atoms with Gasteiger partial charge in [0.25, 0.3) is 11.8 Å². The Labute approximate surface area is 247 Å². The highest BCUT2D eigenvalue weighted by Gasteiger charge is 2.17. The Hall–Kier alpha value is -4.86. The van der Waals surface area contributed by atoms with Gasteiger partial charge in [0.15, 0.2) is 0 Å². The molecular formula is C33H38N6O3. The molecule has 0 radical (unpaired) electrons. The summed E-state index contributed by atoms with van der Waals surface area (Å²) in [4.78, 5) is 30.1. The van der Waals surface area contributed by atoms with Crippen LogP contribution in [0.15, 0.2) is 97.1 Å². The van der Waals surface area contributed by atoms with Crippen molar-refractivity contribution < 1.29 is 14.3 Å². The number of ether oxygens (including phenoxy) is 1. The van der Waals surface area contributed by atoms with Gasteiger partial charge in [-0.15, -0.1) is 0 Å². The summed E-state index contributed by atoms with van der Waals surface area (Å²) in [7, 11) is 7.75. The third-order valence-electron chi connectivity index (χ3n) is 6.76. The molecule has 42 heavy (non-hydrogen) atoms. The maximum Gasteiger partial charge on any atom is 0.268 e. The van der Waals surface area contributed by atoms with Crippen molar-refractivity contribution in [3.63, 3.8) is 0 Å². The minimum absolute atomic E-state index is 0.133. The predicted molar refractivity (Wildman–Crippen MR) is 167 cm³/mol. The molecule has 0 aliphatic heterocycles. The molecule has 9 nitrogen and oxygen atoms in total. The second-order valence-electron chi connectivity index (χ2n) is 10.5. The number of benzene rings is 4. The molecule has 0 aliphatic rings. The highest BCUT2D eigenvalue weighted by atomic mass is 16.5. The number of amides is 2. The standard InChI is InChI=1S/C33H38N6O3/c1-36(2)29-14-10-27(11-15-29)32(40)38(34)21-25-18-26(20-31(19-25)42-23-24-8-6-5-7-9-24)22-39(35)33(41)28-12-16-30(17-13-28)37(3)4/h5-20H,21-23,34-35H2,1-4H3. The summed E-state index contributed by atoms with van der Waals surface area (Å²) in [5.41, 5.74) is 5.44. The Bertz CT molecular complexity index is 1400. The van der Waals surface area contributed by atoms with Crippen molar-refractivity contribution >= 4 is 23.2 Å². The monoisotopic (exact) mass is 566 g/mol. The van der Waals surface area contributed by atoms with Crippen LogP contribution >= 0.6 is 0 Å². The number of hydrazine groups is 2. The molecule has 0 aliphatic carbocycles. The molecule has 0 unspecified atom stereocenters. The molecule has 4 rings (SSSR count). The van der Waals surface area contributed by atoms with E-state index in [2.05, 4.69) is 0 Å². The van der Waals surface area contributed by atoms with Crippen LogP contribution < -0.4 is 26.2 Å². The summed E-state index contributed by atoms with van der Waals surface area (Å²) in [5.74, 6) is 12.4. The van der Waals surface area contributed by atoms with Gasteiger partial charge >= 0.3 is 0 Å². The Morgan fingerprint density at radius 3 is 1.43 bits per heavy atom. The average molecular weight is 567 g/mol. The van der Waals surface area contributed by atoms with E-state index in [1.165, 1.54) is 10.0 Å². The molecule has 0 spiro atoms. The highest BCUT2D eigenvalue weighted by Crippen LogP contribution is 2.22.